The molecule has 0 radical (unpaired) electrons. The van der Waals surface area contributed by atoms with Crippen LogP contribution in [-0.2, 0) is 20.7 Å². The van der Waals surface area contributed by atoms with E-state index in [1.54, 1.807) is 18.5 Å². The van der Waals surface area contributed by atoms with E-state index in [2.05, 4.69) is 39.6 Å². The fourth-order valence-electron chi connectivity index (χ4n) is 6.21. The van der Waals surface area contributed by atoms with Crippen LogP contribution in [0.4, 0.5) is 5.95 Å². The molecule has 0 spiro atoms. The van der Waals surface area contributed by atoms with Crippen LogP contribution >= 0.6 is 0 Å². The molecule has 186 valence electrons. The van der Waals surface area contributed by atoms with Crippen LogP contribution in [0.1, 0.15) is 41.0 Å². The van der Waals surface area contributed by atoms with Crippen molar-refractivity contribution in [2.24, 2.45) is 5.92 Å². The van der Waals surface area contributed by atoms with Crippen LogP contribution in [-0.4, -0.2) is 58.6 Å². The third-order valence-corrected chi connectivity index (χ3v) is 7.95. The summed E-state index contributed by atoms with van der Waals surface area (Å²) in [4.78, 5) is 34.7. The highest BCUT2D eigenvalue weighted by Crippen LogP contribution is 2.40. The quantitative estimate of drug-likeness (QED) is 0.366. The monoisotopic (exact) mass is 548 g/mol. The molecule has 8 heteroatoms. The number of hydrogen-bond acceptors (Lipinski definition) is 5. The molecule has 7 nitrogen and oxygen atoms in total. The lowest BCUT2D eigenvalue weighted by Crippen LogP contribution is -3.00. The first-order valence-electron chi connectivity index (χ1n) is 12.4. The largest absolute Gasteiger partial charge is 1.00 e. The summed E-state index contributed by atoms with van der Waals surface area (Å²) in [6, 6.07) is 18.1. The lowest BCUT2D eigenvalue weighted by Gasteiger charge is -2.51. The Kier molecular flexibility index (Phi) is 6.90. The third kappa shape index (κ3) is 4.67. The van der Waals surface area contributed by atoms with Gasteiger partial charge in [-0.25, -0.2) is 9.97 Å². The van der Waals surface area contributed by atoms with Gasteiger partial charge in [0.15, 0.2) is 12.6 Å². The normalized spacial score (nSPS) is 24.1. The van der Waals surface area contributed by atoms with Crippen molar-refractivity contribution < 1.29 is 35.8 Å². The maximum absolute atomic E-state index is 13.7. The summed E-state index contributed by atoms with van der Waals surface area (Å²) in [6.45, 7) is 2.87. The summed E-state index contributed by atoms with van der Waals surface area (Å²) in [6.07, 6.45) is 5.81. The van der Waals surface area contributed by atoms with E-state index in [0.29, 0.717) is 29.4 Å². The molecule has 4 heterocycles. The minimum atomic E-state index is -0.404. The van der Waals surface area contributed by atoms with Crippen molar-refractivity contribution in [2.45, 2.75) is 31.3 Å². The summed E-state index contributed by atoms with van der Waals surface area (Å²) in [5.74, 6) is -0.00673. The van der Waals surface area contributed by atoms with Gasteiger partial charge in [0.05, 0.1) is 13.1 Å². The predicted octanol–water partition coefficient (Wildman–Crippen LogP) is 0.308. The zero-order valence-electron chi connectivity index (χ0n) is 20.0. The fourth-order valence-corrected chi connectivity index (χ4v) is 6.21. The molecule has 1 unspecified atom stereocenters. The number of carbonyl (C=O) groups is 2. The molecule has 3 aliphatic heterocycles. The molecule has 3 saturated heterocycles. The van der Waals surface area contributed by atoms with E-state index in [1.807, 2.05) is 24.3 Å². The molecule has 36 heavy (non-hydrogen) atoms. The third-order valence-electron chi connectivity index (χ3n) is 7.95. The van der Waals surface area contributed by atoms with Crippen molar-refractivity contribution >= 4 is 17.8 Å². The van der Waals surface area contributed by atoms with Crippen molar-refractivity contribution in [3.8, 4) is 0 Å². The zero-order chi connectivity index (χ0) is 23.8. The van der Waals surface area contributed by atoms with Gasteiger partial charge in [-0.2, -0.15) is 0 Å². The number of carbonyl (C=O) groups excluding carboxylic acids is 2. The van der Waals surface area contributed by atoms with Crippen LogP contribution in [0.2, 0.25) is 0 Å². The topological polar surface area (TPSA) is 81.2 Å². The molecule has 1 amide bonds. The lowest BCUT2D eigenvalue weighted by molar-refractivity contribution is -0.938. The Labute approximate surface area is 221 Å². The van der Waals surface area contributed by atoms with Gasteiger partial charge in [-0.15, -0.1) is 0 Å². The van der Waals surface area contributed by atoms with Gasteiger partial charge in [0.25, 0.3) is 5.91 Å². The van der Waals surface area contributed by atoms with E-state index < -0.39 is 5.92 Å². The van der Waals surface area contributed by atoms with Crippen molar-refractivity contribution in [1.29, 1.82) is 0 Å². The molecule has 3 fully saturated rings. The number of quaternary nitrogens is 1. The summed E-state index contributed by atoms with van der Waals surface area (Å²) in [5, 5.41) is 2.81. The Morgan fingerprint density at radius 3 is 2.17 bits per heavy atom. The van der Waals surface area contributed by atoms with Crippen LogP contribution in [0.25, 0.3) is 0 Å². The number of piperidine rings is 3. The second-order valence-corrected chi connectivity index (χ2v) is 10.1. The zero-order valence-corrected chi connectivity index (χ0v) is 21.6. The molecule has 2 aromatic carbocycles. The highest BCUT2D eigenvalue weighted by Gasteiger charge is 2.49. The minimum absolute atomic E-state index is 0. The summed E-state index contributed by atoms with van der Waals surface area (Å²) >= 11 is 0. The molecule has 7 rings (SSSR count). The molecule has 1 aromatic heterocycles. The number of halogens is 1. The Hall–Kier alpha value is -3.10. The Morgan fingerprint density at radius 2 is 1.53 bits per heavy atom. The molecular formula is C28H29BrN4O3. The number of anilines is 1. The van der Waals surface area contributed by atoms with Crippen molar-refractivity contribution in [3.63, 3.8) is 0 Å². The molecule has 1 N–H and O–H groups in total. The van der Waals surface area contributed by atoms with Crippen LogP contribution in [0.5, 0.6) is 0 Å². The lowest BCUT2D eigenvalue weighted by atomic mass is 9.78. The van der Waals surface area contributed by atoms with E-state index in [0.717, 1.165) is 43.5 Å². The number of nitrogens with zero attached hydrogens (tertiary/aromatic N) is 3. The molecule has 1 atom stereocenters. The van der Waals surface area contributed by atoms with Gasteiger partial charge in [-0.3, -0.25) is 14.9 Å². The van der Waals surface area contributed by atoms with Crippen LogP contribution in [0.15, 0.2) is 67.0 Å². The molecule has 1 aliphatic carbocycles. The Balaban J connectivity index is 0.00000267. The van der Waals surface area contributed by atoms with Gasteiger partial charge in [0.1, 0.15) is 12.5 Å². The molecule has 3 aromatic rings. The number of ether oxygens (including phenoxy) is 1. The molecule has 2 bridgehead atoms. The van der Waals surface area contributed by atoms with Crippen LogP contribution < -0.4 is 22.3 Å². The van der Waals surface area contributed by atoms with E-state index in [9.17, 15) is 9.59 Å². The van der Waals surface area contributed by atoms with Gasteiger partial charge >= 0.3 is 5.97 Å². The number of amides is 1. The Bertz CT molecular complexity index is 1210. The SMILES string of the molecule is O=C(C[N+]12CCC(CC1)C(OC(=O)C1c3ccccc3Cc3ccccc31)C2)Nc1ncccn1.[Br-]. The predicted molar refractivity (Wildman–Crippen MR) is 131 cm³/mol. The highest BCUT2D eigenvalue weighted by molar-refractivity contribution is 5.89. The first kappa shape index (κ1) is 24.6. The van der Waals surface area contributed by atoms with Crippen LogP contribution in [0.3, 0.4) is 0 Å². The number of hydrogen-bond donors (Lipinski definition) is 1. The van der Waals surface area contributed by atoms with Gasteiger partial charge in [-0.05, 0) is 34.7 Å². The van der Waals surface area contributed by atoms with E-state index in [-0.39, 0.29) is 35.0 Å². The second kappa shape index (κ2) is 10.1. The maximum Gasteiger partial charge on any atom is 0.318 e. The van der Waals surface area contributed by atoms with Gasteiger partial charge < -0.3 is 26.2 Å². The summed E-state index contributed by atoms with van der Waals surface area (Å²) in [7, 11) is 0. The van der Waals surface area contributed by atoms with Gasteiger partial charge in [0, 0.05) is 31.2 Å². The van der Waals surface area contributed by atoms with E-state index in [4.69, 9.17) is 4.74 Å². The number of rotatable bonds is 5. The average Bonchev–Trinajstić information content (AvgIpc) is 2.88. The average molecular weight is 549 g/mol. The van der Waals surface area contributed by atoms with E-state index >= 15 is 0 Å². The number of nitrogens with one attached hydrogen (secondary N) is 1. The molecular weight excluding hydrogens is 520 g/mol. The second-order valence-electron chi connectivity index (χ2n) is 10.1. The van der Waals surface area contributed by atoms with Gasteiger partial charge in [-0.1, -0.05) is 48.5 Å². The molecule has 0 saturated carbocycles. The standard InChI is InChI=1S/C28H28N4O3.BrH/c33-25(31-28-29-12-5-13-30-28)18-32-14-10-19(11-15-32)24(17-32)35-27(34)26-22-8-3-1-6-20(22)16-21-7-2-4-9-23(21)26;/h1-9,12-13,19,24,26H,10-11,14-18H2;1H. The maximum atomic E-state index is 13.7. The summed E-state index contributed by atoms with van der Waals surface area (Å²) in [5.41, 5.74) is 4.46. The van der Waals surface area contributed by atoms with Crippen molar-refractivity contribution in [1.82, 2.24) is 9.97 Å². The fraction of sp³-hybridized carbons (Fsp3) is 0.357. The first-order chi connectivity index (χ1) is 17.1. The van der Waals surface area contributed by atoms with Crippen molar-refractivity contribution in [3.05, 3.63) is 89.2 Å². The molecule has 4 aliphatic rings. The van der Waals surface area contributed by atoms with Gasteiger partial charge in [0.2, 0.25) is 5.95 Å². The number of benzene rings is 2. The minimum Gasteiger partial charge on any atom is -1.00 e. The van der Waals surface area contributed by atoms with Crippen LogP contribution in [0, 0.1) is 5.92 Å². The Morgan fingerprint density at radius 1 is 0.917 bits per heavy atom. The highest BCUT2D eigenvalue weighted by atomic mass is 79.9. The number of esters is 1. The van der Waals surface area contributed by atoms with Crippen molar-refractivity contribution in [2.75, 3.05) is 31.5 Å². The smallest absolute Gasteiger partial charge is 0.318 e. The number of fused-ring (bicyclic) bond motifs is 5. The first-order valence-corrected chi connectivity index (χ1v) is 12.4. The number of aromatic nitrogens is 2. The summed E-state index contributed by atoms with van der Waals surface area (Å²) < 4.78 is 6.94. The van der Waals surface area contributed by atoms with E-state index in [1.165, 1.54) is 11.1 Å².